The van der Waals surface area contributed by atoms with Crippen molar-refractivity contribution in [3.8, 4) is 0 Å². The number of fused-ring (bicyclic) bond motifs is 1. The number of nitrogens with one attached hydrogen (secondary N) is 3. The van der Waals surface area contributed by atoms with Gasteiger partial charge in [-0.1, -0.05) is 30.3 Å². The number of rotatable bonds is 4. The number of ether oxygens (including phenoxy) is 1. The van der Waals surface area contributed by atoms with Crippen LogP contribution in [0, 0.1) is 0 Å². The second kappa shape index (κ2) is 7.52. The highest BCUT2D eigenvalue weighted by Gasteiger charge is 2.31. The van der Waals surface area contributed by atoms with Crippen molar-refractivity contribution >= 4 is 34.8 Å². The van der Waals surface area contributed by atoms with E-state index in [2.05, 4.69) is 16.0 Å². The van der Waals surface area contributed by atoms with Gasteiger partial charge in [0.25, 0.3) is 11.8 Å². The zero-order valence-corrected chi connectivity index (χ0v) is 14.0. The van der Waals surface area contributed by atoms with E-state index in [1.807, 2.05) is 0 Å². The molecule has 1 aliphatic rings. The van der Waals surface area contributed by atoms with Crippen LogP contribution in [0.4, 0.5) is 17.1 Å². The fourth-order valence-corrected chi connectivity index (χ4v) is 2.48. The number of hydrogen-bond donors (Lipinski definition) is 3. The minimum absolute atomic E-state index is 0.0758. The summed E-state index contributed by atoms with van der Waals surface area (Å²) in [4.78, 5) is 37.5. The smallest absolute Gasteiger partial charge is 0.346 e. The molecule has 0 saturated carbocycles. The molecule has 0 aromatic heterocycles. The van der Waals surface area contributed by atoms with Crippen LogP contribution in [-0.4, -0.2) is 24.4 Å². The predicted molar refractivity (Wildman–Crippen MR) is 97.4 cm³/mol. The Balaban J connectivity index is 2.00. The fourth-order valence-electron chi connectivity index (χ4n) is 2.48. The first-order chi connectivity index (χ1) is 12.6. The van der Waals surface area contributed by atoms with Crippen molar-refractivity contribution in [1.29, 1.82) is 0 Å². The Labute approximate surface area is 150 Å². The van der Waals surface area contributed by atoms with Gasteiger partial charge in [-0.15, -0.1) is 0 Å². The van der Waals surface area contributed by atoms with Gasteiger partial charge in [-0.05, 0) is 31.2 Å². The molecule has 0 radical (unpaired) electrons. The Morgan fingerprint density at radius 2 is 1.58 bits per heavy atom. The third-order valence-corrected chi connectivity index (χ3v) is 3.65. The maximum absolute atomic E-state index is 12.7. The summed E-state index contributed by atoms with van der Waals surface area (Å²) in [6.45, 7) is 1.70. The van der Waals surface area contributed by atoms with Crippen LogP contribution in [0.25, 0.3) is 0 Å². The van der Waals surface area contributed by atoms with Gasteiger partial charge in [0.1, 0.15) is 5.70 Å². The van der Waals surface area contributed by atoms with E-state index in [0.29, 0.717) is 17.1 Å². The minimum Gasteiger partial charge on any atom is -0.462 e. The molecule has 0 bridgehead atoms. The summed E-state index contributed by atoms with van der Waals surface area (Å²) in [7, 11) is 0. The van der Waals surface area contributed by atoms with Gasteiger partial charge in [0.05, 0.1) is 18.0 Å². The quantitative estimate of drug-likeness (QED) is 0.340. The molecule has 2 aromatic rings. The predicted octanol–water partition coefficient (Wildman–Crippen LogP) is 2.51. The van der Waals surface area contributed by atoms with E-state index in [4.69, 9.17) is 4.74 Å². The fraction of sp³-hybridized carbons (Fsp3) is 0.105. The number of carbonyl (C=O) groups excluding carboxylic acids is 3. The molecule has 0 spiro atoms. The number of esters is 1. The first-order valence-corrected chi connectivity index (χ1v) is 8.05. The second-order valence-electron chi connectivity index (χ2n) is 5.42. The number of para-hydroxylation sites is 3. The summed E-state index contributed by atoms with van der Waals surface area (Å²) in [5, 5.41) is 8.12. The SMILES string of the molecule is CCOC(=O)/C(C(=O)Nc1ccccc1)=C1/Nc2ccccc2NC1=O. The molecule has 7 heteroatoms. The van der Waals surface area contributed by atoms with E-state index in [1.54, 1.807) is 61.5 Å². The molecule has 3 rings (SSSR count). The van der Waals surface area contributed by atoms with E-state index in [1.165, 1.54) is 0 Å². The van der Waals surface area contributed by atoms with Crippen LogP contribution in [-0.2, 0) is 19.1 Å². The zero-order chi connectivity index (χ0) is 18.5. The van der Waals surface area contributed by atoms with E-state index in [-0.39, 0.29) is 17.9 Å². The Kier molecular flexibility index (Phi) is 4.98. The average molecular weight is 351 g/mol. The topological polar surface area (TPSA) is 96.5 Å². The molecule has 0 unspecified atom stereocenters. The summed E-state index contributed by atoms with van der Waals surface area (Å²) >= 11 is 0. The summed E-state index contributed by atoms with van der Waals surface area (Å²) in [5.74, 6) is -2.19. The molecule has 0 atom stereocenters. The van der Waals surface area contributed by atoms with Crippen LogP contribution in [0.1, 0.15) is 6.92 Å². The maximum Gasteiger partial charge on any atom is 0.346 e. The first-order valence-electron chi connectivity index (χ1n) is 8.05. The molecule has 0 fully saturated rings. The molecule has 0 saturated heterocycles. The second-order valence-corrected chi connectivity index (χ2v) is 5.42. The van der Waals surface area contributed by atoms with Crippen molar-refractivity contribution in [1.82, 2.24) is 0 Å². The highest BCUT2D eigenvalue weighted by molar-refractivity contribution is 6.28. The standard InChI is InChI=1S/C19H17N3O4/c1-2-26-19(25)15(17(23)20-12-8-4-3-5-9-12)16-18(24)22-14-11-7-6-10-13(14)21-16/h3-11,21H,2H2,1H3,(H,20,23)(H,22,24)/b16-15+. The molecule has 3 N–H and O–H groups in total. The Bertz CT molecular complexity index is 891. The van der Waals surface area contributed by atoms with E-state index < -0.39 is 17.8 Å². The minimum atomic E-state index is -0.877. The lowest BCUT2D eigenvalue weighted by Gasteiger charge is -2.22. The number of benzene rings is 2. The first kappa shape index (κ1) is 17.2. The molecule has 1 aliphatic heterocycles. The third-order valence-electron chi connectivity index (χ3n) is 3.65. The highest BCUT2D eigenvalue weighted by Crippen LogP contribution is 2.29. The largest absolute Gasteiger partial charge is 0.462 e. The zero-order valence-electron chi connectivity index (χ0n) is 14.0. The van der Waals surface area contributed by atoms with Gasteiger partial charge < -0.3 is 20.7 Å². The maximum atomic E-state index is 12.7. The average Bonchev–Trinajstić information content (AvgIpc) is 2.63. The molecular weight excluding hydrogens is 334 g/mol. The van der Waals surface area contributed by atoms with Gasteiger partial charge in [-0.2, -0.15) is 0 Å². The van der Waals surface area contributed by atoms with Crippen molar-refractivity contribution in [2.75, 3.05) is 22.6 Å². The van der Waals surface area contributed by atoms with Gasteiger partial charge in [-0.25, -0.2) is 4.79 Å². The van der Waals surface area contributed by atoms with Crippen LogP contribution in [0.2, 0.25) is 0 Å². The monoisotopic (exact) mass is 351 g/mol. The van der Waals surface area contributed by atoms with Crippen molar-refractivity contribution in [3.63, 3.8) is 0 Å². The van der Waals surface area contributed by atoms with Crippen LogP contribution >= 0.6 is 0 Å². The van der Waals surface area contributed by atoms with Gasteiger partial charge >= 0.3 is 5.97 Å². The summed E-state index contributed by atoms with van der Waals surface area (Å²) in [6.07, 6.45) is 0. The van der Waals surface area contributed by atoms with Gasteiger partial charge in [0.15, 0.2) is 5.57 Å². The highest BCUT2D eigenvalue weighted by atomic mass is 16.5. The Morgan fingerprint density at radius 3 is 2.23 bits per heavy atom. The Morgan fingerprint density at radius 1 is 0.962 bits per heavy atom. The van der Waals surface area contributed by atoms with Crippen LogP contribution in [0.3, 0.4) is 0 Å². The molecule has 26 heavy (non-hydrogen) atoms. The van der Waals surface area contributed by atoms with Crippen LogP contribution in [0.5, 0.6) is 0 Å². The molecule has 1 heterocycles. The molecule has 0 aliphatic carbocycles. The van der Waals surface area contributed by atoms with Crippen molar-refractivity contribution in [2.45, 2.75) is 6.92 Å². The number of hydrogen-bond acceptors (Lipinski definition) is 5. The molecular formula is C19H17N3O4. The molecule has 2 aromatic carbocycles. The normalized spacial score (nSPS) is 14.4. The lowest BCUT2D eigenvalue weighted by molar-refractivity contribution is -0.140. The number of anilines is 3. The van der Waals surface area contributed by atoms with Crippen molar-refractivity contribution in [3.05, 3.63) is 65.9 Å². The van der Waals surface area contributed by atoms with E-state index in [0.717, 1.165) is 0 Å². The summed E-state index contributed by atoms with van der Waals surface area (Å²) in [5.41, 5.74) is 1.10. The molecule has 132 valence electrons. The number of carbonyl (C=O) groups is 3. The van der Waals surface area contributed by atoms with Gasteiger partial charge in [-0.3, -0.25) is 9.59 Å². The molecule has 7 nitrogen and oxygen atoms in total. The van der Waals surface area contributed by atoms with Crippen LogP contribution in [0.15, 0.2) is 65.9 Å². The number of amides is 2. The van der Waals surface area contributed by atoms with E-state index >= 15 is 0 Å². The Hall–Kier alpha value is -3.61. The van der Waals surface area contributed by atoms with Gasteiger partial charge in [0, 0.05) is 5.69 Å². The third kappa shape index (κ3) is 3.56. The van der Waals surface area contributed by atoms with Crippen LogP contribution < -0.4 is 16.0 Å². The van der Waals surface area contributed by atoms with Crippen molar-refractivity contribution < 1.29 is 19.1 Å². The lowest BCUT2D eigenvalue weighted by Crippen LogP contribution is -2.33. The van der Waals surface area contributed by atoms with Crippen molar-refractivity contribution in [2.24, 2.45) is 0 Å². The molecule has 2 amide bonds. The van der Waals surface area contributed by atoms with Gasteiger partial charge in [0.2, 0.25) is 0 Å². The van der Waals surface area contributed by atoms with E-state index in [9.17, 15) is 14.4 Å². The summed E-state index contributed by atoms with van der Waals surface area (Å²) < 4.78 is 4.97. The lowest BCUT2D eigenvalue weighted by atomic mass is 10.1. The summed E-state index contributed by atoms with van der Waals surface area (Å²) in [6, 6.07) is 15.6.